The van der Waals surface area contributed by atoms with E-state index in [1.165, 1.54) is 65.3 Å². The first kappa shape index (κ1) is 33.4. The molecule has 0 amide bonds. The Morgan fingerprint density at radius 3 is 0.778 bits per heavy atom. The molecule has 0 bridgehead atoms. The summed E-state index contributed by atoms with van der Waals surface area (Å²) >= 11 is 0. The molecular weight excluding hydrogens is 702 g/mol. The predicted molar refractivity (Wildman–Crippen MR) is 226 cm³/mol. The van der Waals surface area contributed by atoms with Crippen molar-refractivity contribution in [2.24, 2.45) is 0 Å². The van der Waals surface area contributed by atoms with Crippen LogP contribution in [0, 0.1) is 0 Å². The zero-order valence-corrected chi connectivity index (χ0v) is 31.8. The Balaban J connectivity index is 1.03. The first-order chi connectivity index (χ1) is 26.7. The highest BCUT2D eigenvalue weighted by Crippen LogP contribution is 2.51. The summed E-state index contributed by atoms with van der Waals surface area (Å²) in [5.74, 6) is 3.66. The van der Waals surface area contributed by atoms with Crippen LogP contribution in [0.5, 0.6) is 23.0 Å². The first-order valence-corrected chi connectivity index (χ1v) is 21.7. The van der Waals surface area contributed by atoms with Crippen LogP contribution in [0.1, 0.15) is 35.1 Å². The van der Waals surface area contributed by atoms with Crippen LogP contribution in [0.15, 0.2) is 146 Å². The molecule has 0 saturated heterocycles. The van der Waals surface area contributed by atoms with E-state index in [9.17, 15) is 0 Å². The third-order valence-corrected chi connectivity index (χ3v) is 13.9. The lowest BCUT2D eigenvalue weighted by Crippen LogP contribution is -2.11. The fourth-order valence-corrected chi connectivity index (χ4v) is 11.3. The van der Waals surface area contributed by atoms with Crippen molar-refractivity contribution in [3.8, 4) is 23.0 Å². The Morgan fingerprint density at radius 2 is 0.537 bits per heavy atom. The van der Waals surface area contributed by atoms with Crippen molar-refractivity contribution < 1.29 is 18.1 Å². The van der Waals surface area contributed by atoms with Gasteiger partial charge in [-0.05, 0) is 152 Å². The van der Waals surface area contributed by atoms with E-state index in [1.807, 2.05) is 0 Å². The van der Waals surface area contributed by atoms with Crippen LogP contribution >= 0.6 is 16.8 Å². The number of hydrogen-bond donors (Lipinski definition) is 0. The topological polar surface area (TPSA) is 36.9 Å². The second-order valence-corrected chi connectivity index (χ2v) is 17.4. The minimum atomic E-state index is -1.42. The maximum atomic E-state index is 7.04. The molecule has 2 heterocycles. The van der Waals surface area contributed by atoms with Crippen LogP contribution in [-0.2, 0) is 25.7 Å². The molecule has 0 unspecified atom stereocenters. The Kier molecular flexibility index (Phi) is 9.03. The van der Waals surface area contributed by atoms with Crippen LogP contribution in [0.25, 0.3) is 43.1 Å². The molecule has 0 N–H and O–H groups in total. The summed E-state index contributed by atoms with van der Waals surface area (Å²) in [6.07, 6.45) is 7.05. The number of hydrogen-bond acceptors (Lipinski definition) is 4. The molecule has 0 fully saturated rings. The van der Waals surface area contributed by atoms with Crippen molar-refractivity contribution in [2.75, 3.05) is 12.3 Å². The van der Waals surface area contributed by atoms with Gasteiger partial charge in [-0.3, -0.25) is 0 Å². The summed E-state index contributed by atoms with van der Waals surface area (Å²) in [5, 5.41) is 9.62. The molecule has 8 aromatic carbocycles. The summed E-state index contributed by atoms with van der Waals surface area (Å²) in [6.45, 7) is 0. The third-order valence-electron chi connectivity index (χ3n) is 10.8. The van der Waals surface area contributed by atoms with Gasteiger partial charge in [0.1, 0.15) is 23.0 Å². The molecule has 0 spiro atoms. The van der Waals surface area contributed by atoms with Crippen LogP contribution < -0.4 is 18.1 Å². The van der Waals surface area contributed by atoms with Crippen molar-refractivity contribution in [3.05, 3.63) is 168 Å². The number of fused-ring (bicyclic) bond motifs is 8. The SMILES string of the molecule is c1ccc2cc3c(cc2c1)CCCc1cc2ccccc2cc1OP(CCP1Oc2cc4ccccc4cc2CCCc2cc4ccccc4cc2O1)O3. The molecular formula is C48H40O4P2. The minimum Gasteiger partial charge on any atom is -0.438 e. The van der Waals surface area contributed by atoms with Gasteiger partial charge in [0.15, 0.2) is 0 Å². The van der Waals surface area contributed by atoms with Crippen molar-refractivity contribution in [1.29, 1.82) is 0 Å². The van der Waals surface area contributed by atoms with Gasteiger partial charge >= 0.3 is 0 Å². The van der Waals surface area contributed by atoms with Gasteiger partial charge in [0.05, 0.1) is 12.3 Å². The van der Waals surface area contributed by atoms with E-state index < -0.39 is 16.8 Å². The van der Waals surface area contributed by atoms with Crippen LogP contribution in [0.3, 0.4) is 0 Å². The summed E-state index contributed by atoms with van der Waals surface area (Å²) in [7, 11) is -2.83. The lowest BCUT2D eigenvalue weighted by molar-refractivity contribution is 0.469. The number of rotatable bonds is 3. The highest BCUT2D eigenvalue weighted by Gasteiger charge is 2.27. The predicted octanol–water partition coefficient (Wildman–Crippen LogP) is 13.5. The summed E-state index contributed by atoms with van der Waals surface area (Å²) < 4.78 is 28.1. The lowest BCUT2D eigenvalue weighted by Gasteiger charge is -2.27. The smallest absolute Gasteiger partial charge is 0.290 e. The van der Waals surface area contributed by atoms with Gasteiger partial charge in [0.2, 0.25) is 0 Å². The Labute approximate surface area is 318 Å². The van der Waals surface area contributed by atoms with E-state index in [0.717, 1.165) is 61.5 Å². The molecule has 4 nitrogen and oxygen atoms in total. The van der Waals surface area contributed by atoms with E-state index in [-0.39, 0.29) is 0 Å². The van der Waals surface area contributed by atoms with E-state index in [4.69, 9.17) is 18.1 Å². The molecule has 0 aromatic heterocycles. The van der Waals surface area contributed by atoms with E-state index in [1.54, 1.807) is 0 Å². The zero-order valence-electron chi connectivity index (χ0n) is 30.0. The van der Waals surface area contributed by atoms with Gasteiger partial charge in [0.25, 0.3) is 16.8 Å². The molecule has 0 saturated carbocycles. The number of aryl methyl sites for hydroxylation is 4. The molecule has 6 heteroatoms. The zero-order chi connectivity index (χ0) is 35.8. The van der Waals surface area contributed by atoms with Gasteiger partial charge < -0.3 is 18.1 Å². The normalized spacial score (nSPS) is 15.2. The van der Waals surface area contributed by atoms with Crippen LogP contribution in [0.4, 0.5) is 0 Å². The van der Waals surface area contributed by atoms with Crippen molar-refractivity contribution in [2.45, 2.75) is 38.5 Å². The molecule has 10 rings (SSSR count). The lowest BCUT2D eigenvalue weighted by atomic mass is 9.98. The minimum absolute atomic E-state index is 0.644. The average molecular weight is 743 g/mol. The van der Waals surface area contributed by atoms with Crippen LogP contribution in [-0.4, -0.2) is 12.3 Å². The molecule has 0 aliphatic carbocycles. The third kappa shape index (κ3) is 6.86. The van der Waals surface area contributed by atoms with Gasteiger partial charge in [0, 0.05) is 0 Å². The second-order valence-electron chi connectivity index (χ2n) is 14.4. The van der Waals surface area contributed by atoms with E-state index in [2.05, 4.69) is 146 Å². The fourth-order valence-electron chi connectivity index (χ4n) is 7.95. The molecule has 2 aliphatic heterocycles. The van der Waals surface area contributed by atoms with Crippen LogP contribution in [0.2, 0.25) is 0 Å². The van der Waals surface area contributed by atoms with Gasteiger partial charge in [-0.25, -0.2) is 0 Å². The highest BCUT2D eigenvalue weighted by atomic mass is 31.2. The molecule has 8 aromatic rings. The molecule has 54 heavy (non-hydrogen) atoms. The van der Waals surface area contributed by atoms with Crippen molar-refractivity contribution in [3.63, 3.8) is 0 Å². The standard InChI is InChI=1S/C48H40O4P2/c1-5-15-37-29-45-41(25-33(37)11-1)19-9-20-42-26-34-12-2-6-16-38(34)30-46(42)50-53(49-45)23-24-54-51-47-31-39-17-7-3-13-35(39)27-43(47)21-10-22-44-28-36-14-4-8-18-40(36)32-48(44)52-54/h1-8,11-18,25-32H,9-10,19-24H2. The summed E-state index contributed by atoms with van der Waals surface area (Å²) in [4.78, 5) is 0. The number of benzene rings is 8. The summed E-state index contributed by atoms with van der Waals surface area (Å²) in [6, 6.07) is 52.2. The highest BCUT2D eigenvalue weighted by molar-refractivity contribution is 7.52. The maximum absolute atomic E-state index is 7.04. The monoisotopic (exact) mass is 742 g/mol. The Hall–Kier alpha value is -5.14. The summed E-state index contributed by atoms with van der Waals surface area (Å²) in [5.41, 5.74) is 4.92. The largest absolute Gasteiger partial charge is 0.438 e. The molecule has 2 aliphatic rings. The van der Waals surface area contributed by atoms with Gasteiger partial charge in [-0.1, -0.05) is 97.1 Å². The first-order valence-electron chi connectivity index (χ1n) is 19.0. The molecule has 266 valence electrons. The van der Waals surface area contributed by atoms with E-state index in [0.29, 0.717) is 12.3 Å². The second kappa shape index (κ2) is 14.6. The average Bonchev–Trinajstić information content (AvgIpc) is 3.20. The van der Waals surface area contributed by atoms with Gasteiger partial charge in [-0.2, -0.15) is 0 Å². The maximum Gasteiger partial charge on any atom is 0.290 e. The molecule has 0 atom stereocenters. The Morgan fingerprint density at radius 1 is 0.315 bits per heavy atom. The van der Waals surface area contributed by atoms with E-state index >= 15 is 0 Å². The van der Waals surface area contributed by atoms with Crippen molar-refractivity contribution >= 4 is 59.8 Å². The molecule has 0 radical (unpaired) electrons. The fraction of sp³-hybridized carbons (Fsp3) is 0.167. The quantitative estimate of drug-likeness (QED) is 0.169. The van der Waals surface area contributed by atoms with Crippen molar-refractivity contribution in [1.82, 2.24) is 0 Å². The van der Waals surface area contributed by atoms with Gasteiger partial charge in [-0.15, -0.1) is 0 Å². The Bertz CT molecular complexity index is 2310.